The van der Waals surface area contributed by atoms with Crippen molar-refractivity contribution in [3.05, 3.63) is 52.0 Å². The predicted molar refractivity (Wildman–Crippen MR) is 143 cm³/mol. The van der Waals surface area contributed by atoms with E-state index in [2.05, 4.69) is 44.0 Å². The lowest BCUT2D eigenvalue weighted by molar-refractivity contribution is -0.139. The van der Waals surface area contributed by atoms with Gasteiger partial charge in [0.25, 0.3) is 5.91 Å². The van der Waals surface area contributed by atoms with Gasteiger partial charge in [-0.05, 0) is 77.5 Å². The number of anilines is 1. The largest absolute Gasteiger partial charge is 0.490 e. The smallest absolute Gasteiger partial charge is 0.329 e. The van der Waals surface area contributed by atoms with E-state index in [1.807, 2.05) is 31.2 Å². The van der Waals surface area contributed by atoms with Gasteiger partial charge >= 0.3 is 11.8 Å². The fraction of sp³-hybridized carbons (Fsp3) is 0.385. The van der Waals surface area contributed by atoms with Crippen molar-refractivity contribution in [2.45, 2.75) is 39.2 Å². The van der Waals surface area contributed by atoms with Crippen LogP contribution in [0.15, 0.2) is 46.0 Å². The normalized spacial score (nSPS) is 14.8. The monoisotopic (exact) mass is 574 g/mol. The highest BCUT2D eigenvalue weighted by molar-refractivity contribution is 9.10. The van der Waals surface area contributed by atoms with Crippen LogP contribution in [0.4, 0.5) is 5.69 Å². The molecule has 0 bridgehead atoms. The Morgan fingerprint density at radius 1 is 1.14 bits per heavy atom. The second-order valence-electron chi connectivity index (χ2n) is 8.19. The average Bonchev–Trinajstić information content (AvgIpc) is 3.41. The van der Waals surface area contributed by atoms with Crippen LogP contribution in [0.25, 0.3) is 0 Å². The molecule has 1 saturated heterocycles. The van der Waals surface area contributed by atoms with Gasteiger partial charge in [-0.15, -0.1) is 0 Å². The van der Waals surface area contributed by atoms with Crippen LogP contribution < -0.4 is 25.5 Å². The van der Waals surface area contributed by atoms with Crippen molar-refractivity contribution in [3.63, 3.8) is 0 Å². The van der Waals surface area contributed by atoms with Crippen molar-refractivity contribution in [1.82, 2.24) is 10.7 Å². The van der Waals surface area contributed by atoms with Crippen molar-refractivity contribution >= 4 is 45.6 Å². The SMILES string of the molecule is CCOc1cc(/C=N\NC(=O)C(=O)NC[C@@H]2CCCO2)cc(Br)c1OCC(=O)Nc1ccc(CC)cc1. The number of carbonyl (C=O) groups is 3. The third-order valence-electron chi connectivity index (χ3n) is 5.43. The second kappa shape index (κ2) is 14.3. The molecule has 1 heterocycles. The molecule has 2 aromatic carbocycles. The second-order valence-corrected chi connectivity index (χ2v) is 9.05. The van der Waals surface area contributed by atoms with Gasteiger partial charge in [0.05, 0.1) is 23.4 Å². The van der Waals surface area contributed by atoms with Crippen LogP contribution in [-0.4, -0.2) is 56.4 Å². The lowest BCUT2D eigenvalue weighted by Crippen LogP contribution is -2.41. The molecule has 1 atom stereocenters. The van der Waals surface area contributed by atoms with E-state index in [-0.39, 0.29) is 25.2 Å². The molecule has 3 rings (SSSR count). The van der Waals surface area contributed by atoms with Crippen LogP contribution >= 0.6 is 15.9 Å². The summed E-state index contributed by atoms with van der Waals surface area (Å²) < 4.78 is 17.3. The minimum atomic E-state index is -0.881. The Bertz CT molecular complexity index is 1120. The number of ether oxygens (including phenoxy) is 3. The first-order valence-corrected chi connectivity index (χ1v) is 12.9. The molecule has 198 valence electrons. The van der Waals surface area contributed by atoms with Crippen molar-refractivity contribution in [2.24, 2.45) is 5.10 Å². The van der Waals surface area contributed by atoms with Crippen molar-refractivity contribution < 1.29 is 28.6 Å². The molecule has 0 saturated carbocycles. The number of aryl methyl sites for hydroxylation is 1. The fourth-order valence-corrected chi connectivity index (χ4v) is 4.11. The van der Waals surface area contributed by atoms with Gasteiger partial charge in [-0.3, -0.25) is 14.4 Å². The molecule has 0 aliphatic carbocycles. The summed E-state index contributed by atoms with van der Waals surface area (Å²) >= 11 is 3.44. The highest BCUT2D eigenvalue weighted by atomic mass is 79.9. The Balaban J connectivity index is 1.55. The number of hydrogen-bond donors (Lipinski definition) is 3. The Labute approximate surface area is 224 Å². The Kier molecular flexibility index (Phi) is 10.9. The maximum Gasteiger partial charge on any atom is 0.329 e. The van der Waals surface area contributed by atoms with E-state index in [0.29, 0.717) is 40.4 Å². The highest BCUT2D eigenvalue weighted by Gasteiger charge is 2.19. The molecule has 1 aliphatic heterocycles. The summed E-state index contributed by atoms with van der Waals surface area (Å²) in [6, 6.07) is 10.9. The molecule has 3 N–H and O–H groups in total. The zero-order valence-electron chi connectivity index (χ0n) is 20.8. The van der Waals surface area contributed by atoms with Gasteiger partial charge in [0.15, 0.2) is 18.1 Å². The van der Waals surface area contributed by atoms with Crippen LogP contribution in [0.3, 0.4) is 0 Å². The first kappa shape index (κ1) is 28.1. The van der Waals surface area contributed by atoms with E-state index < -0.39 is 11.8 Å². The Morgan fingerprint density at radius 3 is 2.59 bits per heavy atom. The van der Waals surface area contributed by atoms with Gasteiger partial charge in [-0.2, -0.15) is 5.10 Å². The average molecular weight is 575 g/mol. The van der Waals surface area contributed by atoms with E-state index >= 15 is 0 Å². The molecular weight excluding hydrogens is 544 g/mol. The molecule has 37 heavy (non-hydrogen) atoms. The molecule has 0 aromatic heterocycles. The molecule has 11 heteroatoms. The van der Waals surface area contributed by atoms with Gasteiger partial charge in [0.1, 0.15) is 0 Å². The van der Waals surface area contributed by atoms with Gasteiger partial charge in [-0.25, -0.2) is 5.43 Å². The summed E-state index contributed by atoms with van der Waals surface area (Å²) in [4.78, 5) is 36.3. The zero-order valence-corrected chi connectivity index (χ0v) is 22.4. The minimum absolute atomic E-state index is 0.0614. The molecule has 2 aromatic rings. The first-order chi connectivity index (χ1) is 17.9. The predicted octanol–water partition coefficient (Wildman–Crippen LogP) is 3.17. The molecule has 0 spiro atoms. The lowest BCUT2D eigenvalue weighted by Gasteiger charge is -2.14. The van der Waals surface area contributed by atoms with E-state index in [0.717, 1.165) is 19.3 Å². The number of amides is 3. The number of hydrogen-bond acceptors (Lipinski definition) is 7. The number of carbonyl (C=O) groups excluding carboxylic acids is 3. The van der Waals surface area contributed by atoms with Crippen molar-refractivity contribution in [1.29, 1.82) is 0 Å². The number of nitrogens with one attached hydrogen (secondary N) is 3. The molecule has 1 aliphatic rings. The number of halogens is 1. The standard InChI is InChI=1S/C26H31BrN4O6/c1-3-17-7-9-19(10-8-17)30-23(32)16-37-24-21(27)12-18(13-22(24)35-4-2)14-29-31-26(34)25(33)28-15-20-6-5-11-36-20/h7-10,12-14,20H,3-6,11,15-16H2,1-2H3,(H,28,33)(H,30,32)(H,31,34)/b29-14-/t20-/m0/s1. The van der Waals surface area contributed by atoms with Crippen molar-refractivity contribution in [3.8, 4) is 11.5 Å². The maximum absolute atomic E-state index is 12.4. The summed E-state index contributed by atoms with van der Waals surface area (Å²) in [6.45, 7) is 4.97. The lowest BCUT2D eigenvalue weighted by atomic mass is 10.1. The fourth-order valence-electron chi connectivity index (χ4n) is 3.53. The van der Waals surface area contributed by atoms with Gasteiger partial charge < -0.3 is 24.8 Å². The molecular formula is C26H31BrN4O6. The van der Waals surface area contributed by atoms with E-state index in [4.69, 9.17) is 14.2 Å². The van der Waals surface area contributed by atoms with Crippen LogP contribution in [0, 0.1) is 0 Å². The van der Waals surface area contributed by atoms with E-state index in [1.54, 1.807) is 12.1 Å². The minimum Gasteiger partial charge on any atom is -0.490 e. The third kappa shape index (κ3) is 8.87. The summed E-state index contributed by atoms with van der Waals surface area (Å²) in [7, 11) is 0. The van der Waals surface area contributed by atoms with Gasteiger partial charge in [0, 0.05) is 18.8 Å². The zero-order chi connectivity index (χ0) is 26.6. The summed E-state index contributed by atoms with van der Waals surface area (Å²) in [6.07, 6.45) is 4.03. The maximum atomic E-state index is 12.4. The van der Waals surface area contributed by atoms with Gasteiger partial charge in [0.2, 0.25) is 0 Å². The number of rotatable bonds is 11. The summed E-state index contributed by atoms with van der Waals surface area (Å²) in [5, 5.41) is 9.18. The van der Waals surface area contributed by atoms with Crippen LogP contribution in [0.1, 0.15) is 37.8 Å². The molecule has 10 nitrogen and oxygen atoms in total. The highest BCUT2D eigenvalue weighted by Crippen LogP contribution is 2.36. The van der Waals surface area contributed by atoms with Crippen LogP contribution in [0.5, 0.6) is 11.5 Å². The molecule has 0 unspecified atom stereocenters. The molecule has 3 amide bonds. The number of hydrazone groups is 1. The van der Waals surface area contributed by atoms with Crippen molar-refractivity contribution in [2.75, 3.05) is 31.7 Å². The van der Waals surface area contributed by atoms with Crippen LogP contribution in [0.2, 0.25) is 0 Å². The Morgan fingerprint density at radius 2 is 1.92 bits per heavy atom. The Hall–Kier alpha value is -3.44. The summed E-state index contributed by atoms with van der Waals surface area (Å²) in [5.74, 6) is -1.24. The quantitative estimate of drug-likeness (QED) is 0.215. The summed E-state index contributed by atoms with van der Waals surface area (Å²) in [5.41, 5.74) is 4.64. The molecule has 0 radical (unpaired) electrons. The van der Waals surface area contributed by atoms with E-state index in [9.17, 15) is 14.4 Å². The first-order valence-electron chi connectivity index (χ1n) is 12.1. The van der Waals surface area contributed by atoms with Gasteiger partial charge in [-0.1, -0.05) is 19.1 Å². The number of benzene rings is 2. The third-order valence-corrected chi connectivity index (χ3v) is 6.01. The topological polar surface area (TPSA) is 127 Å². The molecule has 1 fully saturated rings. The van der Waals surface area contributed by atoms with E-state index in [1.165, 1.54) is 11.8 Å². The number of nitrogens with zero attached hydrogens (tertiary/aromatic N) is 1. The van der Waals surface area contributed by atoms with Crippen LogP contribution in [-0.2, 0) is 25.5 Å².